The molecule has 29 heavy (non-hydrogen) atoms. The summed E-state index contributed by atoms with van der Waals surface area (Å²) in [6.07, 6.45) is 0. The first-order chi connectivity index (χ1) is 13.5. The van der Waals surface area contributed by atoms with Crippen LogP contribution in [0.3, 0.4) is 0 Å². The smallest absolute Gasteiger partial charge is 0.283 e. The van der Waals surface area contributed by atoms with Crippen molar-refractivity contribution < 1.29 is 23.2 Å². The highest BCUT2D eigenvalue weighted by Crippen LogP contribution is 2.51. The molecular formula is C19H12Cl4O5S. The summed E-state index contributed by atoms with van der Waals surface area (Å²) in [6.45, 7) is 0. The molecule has 1 unspecified atom stereocenters. The Morgan fingerprint density at radius 2 is 1.31 bits per heavy atom. The van der Waals surface area contributed by atoms with Crippen LogP contribution >= 0.6 is 46.4 Å². The van der Waals surface area contributed by atoms with E-state index < -0.39 is 20.6 Å². The van der Waals surface area contributed by atoms with Crippen molar-refractivity contribution >= 4 is 56.5 Å². The lowest BCUT2D eigenvalue weighted by atomic mass is 9.83. The Kier molecular flexibility index (Phi) is 5.98. The average Bonchev–Trinajstić information content (AvgIpc) is 2.63. The number of halogens is 4. The van der Waals surface area contributed by atoms with E-state index in [0.717, 1.165) is 18.2 Å². The van der Waals surface area contributed by atoms with E-state index >= 15 is 0 Å². The summed E-state index contributed by atoms with van der Waals surface area (Å²) in [5, 5.41) is 20.7. The summed E-state index contributed by atoms with van der Waals surface area (Å²) in [5.41, 5.74) is -0.535. The van der Waals surface area contributed by atoms with Gasteiger partial charge in [0.25, 0.3) is 10.1 Å². The van der Waals surface area contributed by atoms with Gasteiger partial charge in [-0.2, -0.15) is 8.42 Å². The van der Waals surface area contributed by atoms with Crippen LogP contribution in [-0.4, -0.2) is 23.2 Å². The Hall–Kier alpha value is -1.67. The van der Waals surface area contributed by atoms with Gasteiger partial charge in [-0.25, -0.2) is 0 Å². The Bertz CT molecular complexity index is 1200. The molecule has 0 aromatic heterocycles. The van der Waals surface area contributed by atoms with Gasteiger partial charge in [-0.05, 0) is 48.0 Å². The normalized spacial score (nSPS) is 13.8. The summed E-state index contributed by atoms with van der Waals surface area (Å²) >= 11 is 24.4. The third kappa shape index (κ3) is 3.77. The van der Waals surface area contributed by atoms with Crippen molar-refractivity contribution in [3.63, 3.8) is 0 Å². The molecule has 0 radical (unpaired) electrons. The number of phenolic OH excluding ortho intramolecular Hbond substituents is 2. The monoisotopic (exact) mass is 492 g/mol. The van der Waals surface area contributed by atoms with E-state index in [2.05, 4.69) is 0 Å². The van der Waals surface area contributed by atoms with Crippen LogP contribution in [0, 0.1) is 0 Å². The number of hydrogen-bond acceptors (Lipinski definition) is 4. The zero-order valence-corrected chi connectivity index (χ0v) is 18.1. The largest absolute Gasteiger partial charge is 0.508 e. The van der Waals surface area contributed by atoms with Crippen LogP contribution < -0.4 is 0 Å². The van der Waals surface area contributed by atoms with E-state index in [1.807, 2.05) is 0 Å². The first kappa shape index (κ1) is 22.0. The van der Waals surface area contributed by atoms with Crippen molar-refractivity contribution in [1.29, 1.82) is 0 Å². The van der Waals surface area contributed by atoms with Gasteiger partial charge in [0.2, 0.25) is 0 Å². The molecular weight excluding hydrogens is 482 g/mol. The van der Waals surface area contributed by atoms with Crippen molar-refractivity contribution in [3.8, 4) is 11.5 Å². The van der Waals surface area contributed by atoms with Gasteiger partial charge in [-0.1, -0.05) is 58.5 Å². The molecule has 152 valence electrons. The summed E-state index contributed by atoms with van der Waals surface area (Å²) in [6, 6.07) is 11.2. The topological polar surface area (TPSA) is 94.8 Å². The molecule has 0 spiro atoms. The van der Waals surface area contributed by atoms with Gasteiger partial charge in [0, 0.05) is 21.2 Å². The van der Waals surface area contributed by atoms with Gasteiger partial charge in [0.05, 0.1) is 10.0 Å². The maximum Gasteiger partial charge on any atom is 0.283 e. The molecule has 3 aromatic carbocycles. The molecule has 0 aliphatic heterocycles. The van der Waals surface area contributed by atoms with Crippen LogP contribution in [0.15, 0.2) is 54.6 Å². The lowest BCUT2D eigenvalue weighted by Gasteiger charge is -2.34. The van der Waals surface area contributed by atoms with Gasteiger partial charge in [0.15, 0.2) is 4.75 Å². The zero-order chi connectivity index (χ0) is 21.6. The predicted molar refractivity (Wildman–Crippen MR) is 114 cm³/mol. The van der Waals surface area contributed by atoms with Crippen LogP contribution in [0.1, 0.15) is 16.7 Å². The molecule has 0 bridgehead atoms. The first-order valence-corrected chi connectivity index (χ1v) is 10.8. The minimum absolute atomic E-state index is 0.00871. The second-order valence-electron chi connectivity index (χ2n) is 6.11. The molecule has 3 rings (SSSR count). The Labute approximate surface area is 186 Å². The number of rotatable bonds is 4. The third-order valence-corrected chi connectivity index (χ3v) is 7.12. The van der Waals surface area contributed by atoms with Gasteiger partial charge in [-0.15, -0.1) is 0 Å². The van der Waals surface area contributed by atoms with Crippen molar-refractivity contribution in [3.05, 3.63) is 91.4 Å². The second kappa shape index (κ2) is 7.87. The lowest BCUT2D eigenvalue weighted by molar-refractivity contribution is 0.434. The molecule has 0 saturated heterocycles. The van der Waals surface area contributed by atoms with Crippen molar-refractivity contribution in [2.24, 2.45) is 0 Å². The number of hydrogen-bond donors (Lipinski definition) is 3. The summed E-state index contributed by atoms with van der Waals surface area (Å²) in [7, 11) is -5.09. The van der Waals surface area contributed by atoms with Crippen LogP contribution in [0.2, 0.25) is 20.1 Å². The summed E-state index contributed by atoms with van der Waals surface area (Å²) in [5.74, 6) is -0.867. The summed E-state index contributed by atoms with van der Waals surface area (Å²) in [4.78, 5) is 0. The molecule has 0 aliphatic carbocycles. The van der Waals surface area contributed by atoms with Gasteiger partial charge in [0.1, 0.15) is 11.5 Å². The molecule has 3 N–H and O–H groups in total. The maximum atomic E-state index is 12.9. The van der Waals surface area contributed by atoms with Crippen molar-refractivity contribution in [1.82, 2.24) is 0 Å². The summed E-state index contributed by atoms with van der Waals surface area (Å²) < 4.78 is 33.9. The number of phenols is 2. The third-order valence-electron chi connectivity index (χ3n) is 4.39. The lowest BCUT2D eigenvalue weighted by Crippen LogP contribution is -2.38. The van der Waals surface area contributed by atoms with Crippen LogP contribution in [0.25, 0.3) is 0 Å². The molecule has 0 heterocycles. The van der Waals surface area contributed by atoms with Gasteiger partial charge in [-0.3, -0.25) is 4.55 Å². The highest BCUT2D eigenvalue weighted by molar-refractivity contribution is 7.87. The minimum Gasteiger partial charge on any atom is -0.508 e. The van der Waals surface area contributed by atoms with Crippen molar-refractivity contribution in [2.45, 2.75) is 4.75 Å². The highest BCUT2D eigenvalue weighted by atomic mass is 35.5. The molecule has 0 aliphatic rings. The fourth-order valence-electron chi connectivity index (χ4n) is 3.17. The second-order valence-corrected chi connectivity index (χ2v) is 9.33. The molecule has 0 fully saturated rings. The highest BCUT2D eigenvalue weighted by Gasteiger charge is 2.51. The number of benzene rings is 3. The predicted octanol–water partition coefficient (Wildman–Crippen LogP) is 5.89. The average molecular weight is 494 g/mol. The molecule has 5 nitrogen and oxygen atoms in total. The molecule has 3 aromatic rings. The van der Waals surface area contributed by atoms with E-state index in [4.69, 9.17) is 46.4 Å². The zero-order valence-electron chi connectivity index (χ0n) is 14.3. The van der Waals surface area contributed by atoms with Crippen LogP contribution in [0.5, 0.6) is 11.5 Å². The van der Waals surface area contributed by atoms with E-state index in [9.17, 15) is 23.2 Å². The SMILES string of the molecule is O=S(=O)(O)C(c1ccc(Cl)cc1)(c1cc(O)ccc1O)c1cc(Cl)c(Cl)cc1Cl. The molecule has 0 amide bonds. The Balaban J connectivity index is 2.61. The standard InChI is InChI=1S/C19H12Cl4O5S/c20-11-3-1-10(2-4-11)19(29(26,27)28,14-7-12(24)5-6-18(14)25)13-8-16(22)17(23)9-15(13)21/h1-9,24-25H,(H,26,27,28). The van der Waals surface area contributed by atoms with Gasteiger partial charge >= 0.3 is 0 Å². The van der Waals surface area contributed by atoms with Gasteiger partial charge < -0.3 is 10.2 Å². The van der Waals surface area contributed by atoms with E-state index in [1.165, 1.54) is 36.4 Å². The van der Waals surface area contributed by atoms with Crippen molar-refractivity contribution in [2.75, 3.05) is 0 Å². The number of aromatic hydroxyl groups is 2. The van der Waals surface area contributed by atoms with E-state index in [-0.39, 0.29) is 37.5 Å². The Morgan fingerprint density at radius 3 is 1.90 bits per heavy atom. The van der Waals surface area contributed by atoms with Crippen LogP contribution in [-0.2, 0) is 14.9 Å². The van der Waals surface area contributed by atoms with E-state index in [1.54, 1.807) is 0 Å². The molecule has 1 atom stereocenters. The molecule has 0 saturated carbocycles. The maximum absolute atomic E-state index is 12.9. The fraction of sp³-hybridized carbons (Fsp3) is 0.0526. The van der Waals surface area contributed by atoms with Crippen LogP contribution in [0.4, 0.5) is 0 Å². The first-order valence-electron chi connectivity index (χ1n) is 7.89. The molecule has 10 heteroatoms. The quantitative estimate of drug-likeness (QED) is 0.182. The Morgan fingerprint density at radius 1 is 0.724 bits per heavy atom. The van der Waals surface area contributed by atoms with E-state index in [0.29, 0.717) is 5.02 Å². The minimum atomic E-state index is -5.09. The fourth-order valence-corrected chi connectivity index (χ4v) is 5.36.